The molecule has 116 valence electrons. The van der Waals surface area contributed by atoms with Gasteiger partial charge in [-0.1, -0.05) is 0 Å². The van der Waals surface area contributed by atoms with Crippen LogP contribution in [0.15, 0.2) is 23.1 Å². The predicted molar refractivity (Wildman–Crippen MR) is 76.7 cm³/mol. The third-order valence-electron chi connectivity index (χ3n) is 3.26. The van der Waals surface area contributed by atoms with E-state index < -0.39 is 25.5 Å². The van der Waals surface area contributed by atoms with Crippen molar-refractivity contribution in [1.82, 2.24) is 0 Å². The van der Waals surface area contributed by atoms with Crippen LogP contribution in [0.5, 0.6) is 0 Å². The molecule has 0 spiro atoms. The SMILES string of the molecule is C[C@@H]1CN(c2ccc(S(N)(=O)=O)c([N+](=O)[O-])c2)CCCO1. The zero-order chi connectivity index (χ0) is 15.6. The van der Waals surface area contributed by atoms with Crippen LogP contribution in [0.1, 0.15) is 13.3 Å². The Kier molecular flexibility index (Phi) is 4.45. The molecule has 1 heterocycles. The lowest BCUT2D eigenvalue weighted by Gasteiger charge is -2.24. The molecular weight excluding hydrogens is 298 g/mol. The Labute approximate surface area is 122 Å². The summed E-state index contributed by atoms with van der Waals surface area (Å²) in [4.78, 5) is 11.8. The van der Waals surface area contributed by atoms with Gasteiger partial charge in [-0.3, -0.25) is 10.1 Å². The third-order valence-corrected chi connectivity index (χ3v) is 4.22. The summed E-state index contributed by atoms with van der Waals surface area (Å²) in [5.74, 6) is 0. The van der Waals surface area contributed by atoms with Crippen LogP contribution in [0.4, 0.5) is 11.4 Å². The summed E-state index contributed by atoms with van der Waals surface area (Å²) in [5.41, 5.74) is 0.0827. The minimum atomic E-state index is -4.13. The van der Waals surface area contributed by atoms with Gasteiger partial charge in [0.1, 0.15) is 0 Å². The van der Waals surface area contributed by atoms with E-state index >= 15 is 0 Å². The number of nitro groups is 1. The smallest absolute Gasteiger partial charge is 0.291 e. The van der Waals surface area contributed by atoms with E-state index in [4.69, 9.17) is 9.88 Å². The zero-order valence-corrected chi connectivity index (χ0v) is 12.4. The van der Waals surface area contributed by atoms with E-state index in [1.165, 1.54) is 18.2 Å². The highest BCUT2D eigenvalue weighted by atomic mass is 32.2. The molecule has 9 heteroatoms. The summed E-state index contributed by atoms with van der Waals surface area (Å²) in [7, 11) is -4.13. The molecule has 1 atom stereocenters. The second kappa shape index (κ2) is 5.96. The number of nitro benzene ring substituents is 1. The molecule has 21 heavy (non-hydrogen) atoms. The summed E-state index contributed by atoms with van der Waals surface area (Å²) in [6.45, 7) is 3.84. The van der Waals surface area contributed by atoms with Gasteiger partial charge in [-0.15, -0.1) is 0 Å². The fourth-order valence-electron chi connectivity index (χ4n) is 2.31. The van der Waals surface area contributed by atoms with Gasteiger partial charge in [0.25, 0.3) is 5.69 Å². The van der Waals surface area contributed by atoms with Crippen LogP contribution in [0.3, 0.4) is 0 Å². The van der Waals surface area contributed by atoms with Gasteiger partial charge in [-0.25, -0.2) is 13.6 Å². The molecule has 0 saturated carbocycles. The lowest BCUT2D eigenvalue weighted by Crippen LogP contribution is -2.30. The Hall–Kier alpha value is -1.71. The lowest BCUT2D eigenvalue weighted by atomic mass is 10.2. The molecule has 0 bridgehead atoms. The third kappa shape index (κ3) is 3.69. The Balaban J connectivity index is 2.42. The van der Waals surface area contributed by atoms with Crippen LogP contribution in [-0.2, 0) is 14.8 Å². The summed E-state index contributed by atoms with van der Waals surface area (Å²) in [6, 6.07) is 3.96. The Morgan fingerprint density at radius 1 is 1.48 bits per heavy atom. The molecule has 1 aliphatic rings. The van der Waals surface area contributed by atoms with Crippen LogP contribution in [0.2, 0.25) is 0 Å². The second-order valence-electron chi connectivity index (χ2n) is 4.94. The van der Waals surface area contributed by atoms with Crippen molar-refractivity contribution in [3.8, 4) is 0 Å². The molecule has 1 aromatic carbocycles. The van der Waals surface area contributed by atoms with Gasteiger partial charge in [0.15, 0.2) is 4.90 Å². The van der Waals surface area contributed by atoms with E-state index in [-0.39, 0.29) is 6.10 Å². The van der Waals surface area contributed by atoms with Gasteiger partial charge in [0.05, 0.1) is 11.0 Å². The molecule has 0 unspecified atom stereocenters. The largest absolute Gasteiger partial charge is 0.377 e. The number of benzene rings is 1. The topological polar surface area (TPSA) is 116 Å². The standard InChI is InChI=1S/C12H17N3O5S/c1-9-8-14(5-2-6-20-9)10-3-4-12(21(13,18)19)11(7-10)15(16)17/h3-4,7,9H,2,5-6,8H2,1H3,(H2,13,18,19)/t9-/m1/s1. The first-order valence-electron chi connectivity index (χ1n) is 6.47. The van der Waals surface area contributed by atoms with Crippen molar-refractivity contribution in [1.29, 1.82) is 0 Å². The number of hydrogen-bond donors (Lipinski definition) is 1. The average molecular weight is 315 g/mol. The molecule has 8 nitrogen and oxygen atoms in total. The first kappa shape index (κ1) is 15.7. The first-order chi connectivity index (χ1) is 9.79. The zero-order valence-electron chi connectivity index (χ0n) is 11.6. The highest BCUT2D eigenvalue weighted by Gasteiger charge is 2.25. The van der Waals surface area contributed by atoms with E-state index in [1.807, 2.05) is 11.8 Å². The number of anilines is 1. The first-order valence-corrected chi connectivity index (χ1v) is 8.01. The van der Waals surface area contributed by atoms with Gasteiger partial charge in [-0.2, -0.15) is 0 Å². The van der Waals surface area contributed by atoms with Gasteiger partial charge in [0, 0.05) is 31.5 Å². The Morgan fingerprint density at radius 3 is 2.81 bits per heavy atom. The van der Waals surface area contributed by atoms with Crippen LogP contribution < -0.4 is 10.0 Å². The Bertz CT molecular complexity index is 646. The normalized spacial score (nSPS) is 20.1. The van der Waals surface area contributed by atoms with E-state index in [2.05, 4.69) is 0 Å². The summed E-state index contributed by atoms with van der Waals surface area (Å²) in [5, 5.41) is 16.1. The van der Waals surface area contributed by atoms with E-state index in [0.717, 1.165) is 6.42 Å². The molecule has 2 rings (SSSR count). The molecule has 1 aliphatic heterocycles. The maximum Gasteiger partial charge on any atom is 0.291 e. The predicted octanol–water partition coefficient (Wildman–Crippen LogP) is 0.857. The van der Waals surface area contributed by atoms with E-state index in [0.29, 0.717) is 25.4 Å². The number of nitrogens with zero attached hydrogens (tertiary/aromatic N) is 2. The highest BCUT2D eigenvalue weighted by Crippen LogP contribution is 2.29. The molecular formula is C12H17N3O5S. The van der Waals surface area contributed by atoms with Crippen molar-refractivity contribution < 1.29 is 18.1 Å². The summed E-state index contributed by atoms with van der Waals surface area (Å²) < 4.78 is 28.3. The molecule has 1 saturated heterocycles. The van der Waals surface area contributed by atoms with Crippen molar-refractivity contribution in [3.63, 3.8) is 0 Å². The molecule has 1 aromatic rings. The van der Waals surface area contributed by atoms with Crippen LogP contribution in [-0.4, -0.2) is 39.1 Å². The van der Waals surface area contributed by atoms with Crippen molar-refractivity contribution in [2.45, 2.75) is 24.3 Å². The second-order valence-corrected chi connectivity index (χ2v) is 6.46. The Morgan fingerprint density at radius 2 is 2.19 bits per heavy atom. The van der Waals surface area contributed by atoms with E-state index in [9.17, 15) is 18.5 Å². The van der Waals surface area contributed by atoms with Gasteiger partial charge < -0.3 is 9.64 Å². The van der Waals surface area contributed by atoms with Crippen molar-refractivity contribution >= 4 is 21.4 Å². The fraction of sp³-hybridized carbons (Fsp3) is 0.500. The summed E-state index contributed by atoms with van der Waals surface area (Å²) in [6.07, 6.45) is 0.805. The highest BCUT2D eigenvalue weighted by molar-refractivity contribution is 7.89. The van der Waals surface area contributed by atoms with Crippen LogP contribution in [0.25, 0.3) is 0 Å². The monoisotopic (exact) mass is 315 g/mol. The van der Waals surface area contributed by atoms with Crippen molar-refractivity contribution in [2.75, 3.05) is 24.6 Å². The fourth-order valence-corrected chi connectivity index (χ4v) is 3.00. The molecule has 0 amide bonds. The molecule has 0 aliphatic carbocycles. The van der Waals surface area contributed by atoms with Crippen LogP contribution in [0, 0.1) is 10.1 Å². The number of nitrogens with two attached hydrogens (primary N) is 1. The van der Waals surface area contributed by atoms with Crippen LogP contribution >= 0.6 is 0 Å². The minimum Gasteiger partial charge on any atom is -0.377 e. The quantitative estimate of drug-likeness (QED) is 0.653. The maximum atomic E-state index is 11.4. The average Bonchev–Trinajstić information content (AvgIpc) is 2.61. The van der Waals surface area contributed by atoms with Crippen molar-refractivity contribution in [3.05, 3.63) is 28.3 Å². The number of hydrogen-bond acceptors (Lipinski definition) is 6. The van der Waals surface area contributed by atoms with E-state index in [1.54, 1.807) is 0 Å². The molecule has 0 radical (unpaired) electrons. The minimum absolute atomic E-state index is 0.00414. The van der Waals surface area contributed by atoms with Gasteiger partial charge in [0.2, 0.25) is 10.0 Å². The van der Waals surface area contributed by atoms with Gasteiger partial charge >= 0.3 is 0 Å². The number of ether oxygens (including phenoxy) is 1. The number of rotatable bonds is 3. The maximum absolute atomic E-state index is 11.4. The molecule has 0 aromatic heterocycles. The lowest BCUT2D eigenvalue weighted by molar-refractivity contribution is -0.387. The van der Waals surface area contributed by atoms with Gasteiger partial charge in [-0.05, 0) is 25.5 Å². The number of primary sulfonamides is 1. The molecule has 2 N–H and O–H groups in total. The van der Waals surface area contributed by atoms with Crippen molar-refractivity contribution in [2.24, 2.45) is 5.14 Å². The summed E-state index contributed by atoms with van der Waals surface area (Å²) >= 11 is 0. The molecule has 1 fully saturated rings. The number of sulfonamides is 1.